The second-order valence-corrected chi connectivity index (χ2v) is 2.72. The lowest BCUT2D eigenvalue weighted by Crippen LogP contribution is -2.02. The maximum absolute atomic E-state index is 11.0. The second-order valence-electron chi connectivity index (χ2n) is 2.72. The Morgan fingerprint density at radius 1 is 1.46 bits per heavy atom. The number of hydrogen-bond donors (Lipinski definition) is 0. The number of hydrogen-bond acceptors (Lipinski definition) is 2. The van der Waals surface area contributed by atoms with Crippen molar-refractivity contribution in [3.63, 3.8) is 0 Å². The van der Waals surface area contributed by atoms with Gasteiger partial charge < -0.3 is 4.74 Å². The van der Waals surface area contributed by atoms with E-state index in [0.29, 0.717) is 0 Å². The SMILES string of the molecule is CC/C(=C\C(=O)OC)[C]1[CH][CH][CH][CH]1. The molecule has 1 aliphatic carbocycles. The molecule has 1 fully saturated rings. The highest BCUT2D eigenvalue weighted by Crippen LogP contribution is 2.31. The van der Waals surface area contributed by atoms with Gasteiger partial charge in [0.2, 0.25) is 0 Å². The zero-order valence-corrected chi connectivity index (χ0v) is 7.91. The van der Waals surface area contributed by atoms with Crippen LogP contribution in [0, 0.1) is 31.6 Å². The van der Waals surface area contributed by atoms with E-state index >= 15 is 0 Å². The summed E-state index contributed by atoms with van der Waals surface area (Å²) < 4.78 is 4.57. The molecule has 69 valence electrons. The zero-order valence-electron chi connectivity index (χ0n) is 7.91. The van der Waals surface area contributed by atoms with Crippen LogP contribution in [-0.4, -0.2) is 13.1 Å². The topological polar surface area (TPSA) is 26.3 Å². The second kappa shape index (κ2) is 5.05. The lowest BCUT2D eigenvalue weighted by Gasteiger charge is -2.10. The summed E-state index contributed by atoms with van der Waals surface area (Å²) in [5, 5.41) is 0. The molecular weight excluding hydrogens is 164 g/mol. The van der Waals surface area contributed by atoms with Crippen LogP contribution in [0.5, 0.6) is 0 Å². The Morgan fingerprint density at radius 2 is 2.08 bits per heavy atom. The molecule has 0 atom stereocenters. The van der Waals surface area contributed by atoms with Gasteiger partial charge in [0, 0.05) is 12.0 Å². The highest BCUT2D eigenvalue weighted by molar-refractivity contribution is 5.83. The Balaban J connectivity index is 2.59. The molecule has 0 N–H and O–H groups in total. The number of allylic oxidation sites excluding steroid dienone is 1. The highest BCUT2D eigenvalue weighted by atomic mass is 16.5. The number of carbonyl (C=O) groups excluding carboxylic acids is 1. The molecule has 0 aromatic rings. The third-order valence-corrected chi connectivity index (χ3v) is 1.91. The van der Waals surface area contributed by atoms with Crippen molar-refractivity contribution in [2.75, 3.05) is 7.11 Å². The molecule has 0 amide bonds. The van der Waals surface area contributed by atoms with Crippen molar-refractivity contribution in [3.8, 4) is 0 Å². The van der Waals surface area contributed by atoms with E-state index in [1.54, 1.807) is 0 Å². The van der Waals surface area contributed by atoms with Crippen LogP contribution in [-0.2, 0) is 9.53 Å². The van der Waals surface area contributed by atoms with E-state index in [4.69, 9.17) is 0 Å². The van der Waals surface area contributed by atoms with Crippen LogP contribution in [0.3, 0.4) is 0 Å². The first-order valence-corrected chi connectivity index (χ1v) is 4.28. The van der Waals surface area contributed by atoms with E-state index in [1.165, 1.54) is 13.2 Å². The Bertz CT molecular complexity index is 200. The Labute approximate surface area is 80.0 Å². The first-order valence-electron chi connectivity index (χ1n) is 4.28. The molecule has 1 rings (SSSR count). The van der Waals surface area contributed by atoms with Gasteiger partial charge in [0.25, 0.3) is 0 Å². The average molecular weight is 177 g/mol. The predicted molar refractivity (Wildman–Crippen MR) is 50.8 cm³/mol. The molecule has 0 aliphatic heterocycles. The molecule has 0 saturated heterocycles. The van der Waals surface area contributed by atoms with Gasteiger partial charge in [-0.05, 0) is 32.1 Å². The van der Waals surface area contributed by atoms with Crippen LogP contribution in [0.25, 0.3) is 0 Å². The van der Waals surface area contributed by atoms with E-state index < -0.39 is 0 Å². The smallest absolute Gasteiger partial charge is 0.330 e. The molecule has 0 bridgehead atoms. The minimum Gasteiger partial charge on any atom is -0.466 e. The summed E-state index contributed by atoms with van der Waals surface area (Å²) in [6.07, 6.45) is 10.2. The van der Waals surface area contributed by atoms with Crippen LogP contribution in [0.4, 0.5) is 0 Å². The summed E-state index contributed by atoms with van der Waals surface area (Å²) in [5.74, 6) is 0.797. The van der Waals surface area contributed by atoms with E-state index in [1.807, 2.05) is 32.6 Å². The monoisotopic (exact) mass is 177 g/mol. The van der Waals surface area contributed by atoms with E-state index in [0.717, 1.165) is 17.9 Å². The first-order chi connectivity index (χ1) is 6.27. The van der Waals surface area contributed by atoms with Gasteiger partial charge in [-0.2, -0.15) is 0 Å². The van der Waals surface area contributed by atoms with Gasteiger partial charge in [-0.3, -0.25) is 0 Å². The fraction of sp³-hybridized carbons (Fsp3) is 0.273. The summed E-state index contributed by atoms with van der Waals surface area (Å²) in [7, 11) is 1.39. The Kier molecular flexibility index (Phi) is 4.00. The third-order valence-electron chi connectivity index (χ3n) is 1.91. The van der Waals surface area contributed by atoms with Crippen molar-refractivity contribution in [1.29, 1.82) is 0 Å². The maximum atomic E-state index is 11.0. The fourth-order valence-corrected chi connectivity index (χ4v) is 1.18. The van der Waals surface area contributed by atoms with Gasteiger partial charge in [0.1, 0.15) is 0 Å². The Morgan fingerprint density at radius 3 is 2.54 bits per heavy atom. The number of esters is 1. The number of carbonyl (C=O) groups is 1. The standard InChI is InChI=1S/C11H13O2/c1-3-9(8-11(12)13-2)10-6-4-5-7-10/h4-8H,3H2,1-2H3/b9-8+. The lowest BCUT2D eigenvalue weighted by atomic mass is 9.95. The fourth-order valence-electron chi connectivity index (χ4n) is 1.18. The quantitative estimate of drug-likeness (QED) is 0.486. The van der Waals surface area contributed by atoms with Gasteiger partial charge in [0.15, 0.2) is 0 Å². The van der Waals surface area contributed by atoms with Gasteiger partial charge in [-0.25, -0.2) is 4.79 Å². The van der Waals surface area contributed by atoms with E-state index in [2.05, 4.69) is 4.74 Å². The molecule has 2 nitrogen and oxygen atoms in total. The largest absolute Gasteiger partial charge is 0.466 e. The molecule has 0 aromatic carbocycles. The van der Waals surface area contributed by atoms with Crippen molar-refractivity contribution in [3.05, 3.63) is 43.3 Å². The lowest BCUT2D eigenvalue weighted by molar-refractivity contribution is -0.134. The number of methoxy groups -OCH3 is 1. The molecule has 2 heteroatoms. The van der Waals surface area contributed by atoms with Crippen molar-refractivity contribution in [2.45, 2.75) is 13.3 Å². The van der Waals surface area contributed by atoms with Gasteiger partial charge in [-0.15, -0.1) is 0 Å². The summed E-state index contributed by atoms with van der Waals surface area (Å²) in [6, 6.07) is 0. The van der Waals surface area contributed by atoms with Crippen LogP contribution >= 0.6 is 0 Å². The van der Waals surface area contributed by atoms with Crippen molar-refractivity contribution in [2.24, 2.45) is 0 Å². The van der Waals surface area contributed by atoms with E-state index in [9.17, 15) is 4.79 Å². The number of ether oxygens (including phenoxy) is 1. The summed E-state index contributed by atoms with van der Waals surface area (Å²) in [6.45, 7) is 2.02. The minimum atomic E-state index is -0.293. The highest BCUT2D eigenvalue weighted by Gasteiger charge is 2.20. The molecule has 0 unspecified atom stereocenters. The zero-order chi connectivity index (χ0) is 9.68. The maximum Gasteiger partial charge on any atom is 0.330 e. The molecule has 5 radical (unpaired) electrons. The summed E-state index contributed by atoms with van der Waals surface area (Å²) in [5.41, 5.74) is 1.01. The van der Waals surface area contributed by atoms with Crippen LogP contribution < -0.4 is 0 Å². The van der Waals surface area contributed by atoms with Crippen molar-refractivity contribution >= 4 is 5.97 Å². The van der Waals surface area contributed by atoms with Gasteiger partial charge in [0.05, 0.1) is 7.11 Å². The minimum absolute atomic E-state index is 0.293. The normalized spacial score (nSPS) is 19.1. The third kappa shape index (κ3) is 2.87. The summed E-state index contributed by atoms with van der Waals surface area (Å²) in [4.78, 5) is 11.0. The number of rotatable bonds is 3. The van der Waals surface area contributed by atoms with Crippen LogP contribution in [0.15, 0.2) is 11.6 Å². The molecule has 1 aliphatic rings. The average Bonchev–Trinajstić information content (AvgIpc) is 2.66. The Hall–Kier alpha value is -0.790. The molecule has 0 spiro atoms. The molecular formula is C11H13O2. The molecule has 0 heterocycles. The first kappa shape index (κ1) is 10.3. The predicted octanol–water partition coefficient (Wildman–Crippen LogP) is 1.90. The van der Waals surface area contributed by atoms with Crippen molar-refractivity contribution < 1.29 is 9.53 Å². The van der Waals surface area contributed by atoms with Gasteiger partial charge in [-0.1, -0.05) is 12.5 Å². The summed E-state index contributed by atoms with van der Waals surface area (Å²) >= 11 is 0. The van der Waals surface area contributed by atoms with Crippen molar-refractivity contribution in [1.82, 2.24) is 0 Å². The molecule has 13 heavy (non-hydrogen) atoms. The van der Waals surface area contributed by atoms with Gasteiger partial charge >= 0.3 is 5.97 Å². The van der Waals surface area contributed by atoms with Crippen LogP contribution in [0.1, 0.15) is 13.3 Å². The van der Waals surface area contributed by atoms with E-state index in [-0.39, 0.29) is 5.97 Å². The molecule has 1 saturated carbocycles. The van der Waals surface area contributed by atoms with Crippen LogP contribution in [0.2, 0.25) is 0 Å². The molecule has 0 aromatic heterocycles.